The van der Waals surface area contributed by atoms with Crippen molar-refractivity contribution in [2.45, 2.75) is 13.0 Å². The van der Waals surface area contributed by atoms with Crippen molar-refractivity contribution in [2.24, 2.45) is 0 Å². The predicted molar refractivity (Wildman–Crippen MR) is 127 cm³/mol. The molecule has 0 aliphatic carbocycles. The van der Waals surface area contributed by atoms with E-state index in [1.165, 1.54) is 43.2 Å². The fourth-order valence-electron chi connectivity index (χ4n) is 3.89. The second-order valence-corrected chi connectivity index (χ2v) is 10.0. The highest BCUT2D eigenvalue weighted by atomic mass is 32.2. The van der Waals surface area contributed by atoms with Crippen molar-refractivity contribution in [2.75, 3.05) is 24.7 Å². The van der Waals surface area contributed by atoms with E-state index in [1.54, 1.807) is 18.2 Å². The number of hydrogen-bond donors (Lipinski definition) is 3. The summed E-state index contributed by atoms with van der Waals surface area (Å²) in [5.41, 5.74) is 1.81. The Morgan fingerprint density at radius 1 is 1.18 bits per heavy atom. The zero-order valence-electron chi connectivity index (χ0n) is 18.7. The van der Waals surface area contributed by atoms with Crippen LogP contribution in [0.5, 0.6) is 11.6 Å². The Labute approximate surface area is 195 Å². The number of likely N-dealkylation sites (N-methyl/N-ethyl adjacent to an activating group) is 1. The zero-order valence-corrected chi connectivity index (χ0v) is 19.5. The molecule has 4 aromatic rings. The number of aromatic nitrogens is 2. The van der Waals surface area contributed by atoms with Gasteiger partial charge in [-0.1, -0.05) is 12.1 Å². The van der Waals surface area contributed by atoms with Crippen LogP contribution in [0.2, 0.25) is 0 Å². The van der Waals surface area contributed by atoms with Gasteiger partial charge >= 0.3 is 0 Å². The van der Waals surface area contributed by atoms with Gasteiger partial charge in [-0.2, -0.15) is 0 Å². The van der Waals surface area contributed by atoms with Gasteiger partial charge in [0.2, 0.25) is 21.8 Å². The number of nitrogens with one attached hydrogen (secondary N) is 1. The minimum atomic E-state index is -3.75. The summed E-state index contributed by atoms with van der Waals surface area (Å²) >= 11 is 0. The molecule has 2 heterocycles. The Morgan fingerprint density at radius 2 is 1.85 bits per heavy atom. The Balaban J connectivity index is 2.00. The molecular weight excluding hydrogens is 463 g/mol. The molecule has 0 radical (unpaired) electrons. The first-order valence-electron chi connectivity index (χ1n) is 10.3. The summed E-state index contributed by atoms with van der Waals surface area (Å²) in [4.78, 5) is 16.3. The second-order valence-electron chi connectivity index (χ2n) is 8.01. The van der Waals surface area contributed by atoms with E-state index in [0.29, 0.717) is 17.4 Å². The van der Waals surface area contributed by atoms with Crippen LogP contribution in [-0.2, 0) is 27.8 Å². The average molecular weight is 487 g/mol. The average Bonchev–Trinajstić information content (AvgIpc) is 3.10. The van der Waals surface area contributed by atoms with Crippen LogP contribution in [0.1, 0.15) is 11.1 Å². The van der Waals surface area contributed by atoms with Gasteiger partial charge in [0, 0.05) is 37.3 Å². The number of aromatic hydroxyl groups is 2. The second kappa shape index (κ2) is 8.49. The summed E-state index contributed by atoms with van der Waals surface area (Å²) < 4.78 is 40.5. The fraction of sp³-hybridized carbons (Fsp3) is 0.217. The van der Waals surface area contributed by atoms with E-state index in [2.05, 4.69) is 10.3 Å². The lowest BCUT2D eigenvalue weighted by molar-refractivity contribution is -0.121. The molecule has 2 aromatic carbocycles. The monoisotopic (exact) mass is 486 g/mol. The molecule has 3 N–H and O–H groups in total. The minimum Gasteiger partial charge on any atom is -0.505 e. The maximum absolute atomic E-state index is 13.3. The predicted octanol–water partition coefficient (Wildman–Crippen LogP) is 2.47. The Hall–Kier alpha value is -3.86. The lowest BCUT2D eigenvalue weighted by atomic mass is 10.0. The van der Waals surface area contributed by atoms with Gasteiger partial charge in [0.1, 0.15) is 17.9 Å². The van der Waals surface area contributed by atoms with E-state index in [4.69, 9.17) is 0 Å². The molecule has 9 nitrogen and oxygen atoms in total. The molecule has 0 aliphatic heterocycles. The van der Waals surface area contributed by atoms with E-state index in [-0.39, 0.29) is 40.1 Å². The molecule has 0 saturated heterocycles. The fourth-order valence-corrected chi connectivity index (χ4v) is 4.42. The van der Waals surface area contributed by atoms with Gasteiger partial charge in [-0.15, -0.1) is 0 Å². The molecule has 2 aromatic heterocycles. The van der Waals surface area contributed by atoms with Crippen molar-refractivity contribution >= 4 is 43.3 Å². The number of phenolic OH excluding ortho intramolecular Hbond substituents is 1. The number of carbonyl (C=O) groups excluding carboxylic acids is 1. The number of amides is 1. The van der Waals surface area contributed by atoms with E-state index in [9.17, 15) is 27.8 Å². The van der Waals surface area contributed by atoms with Gasteiger partial charge in [0.25, 0.3) is 0 Å². The lowest BCUT2D eigenvalue weighted by Crippen LogP contribution is -2.25. The van der Waals surface area contributed by atoms with Crippen molar-refractivity contribution in [3.05, 3.63) is 59.7 Å². The van der Waals surface area contributed by atoms with E-state index < -0.39 is 21.8 Å². The van der Waals surface area contributed by atoms with Crippen LogP contribution in [0, 0.1) is 5.82 Å². The molecule has 11 heteroatoms. The first-order valence-corrected chi connectivity index (χ1v) is 12.1. The van der Waals surface area contributed by atoms with Crippen molar-refractivity contribution in [3.63, 3.8) is 0 Å². The number of fused-ring (bicyclic) bond motifs is 2. The Morgan fingerprint density at radius 3 is 2.47 bits per heavy atom. The Bertz CT molecular complexity index is 1530. The molecule has 0 unspecified atom stereocenters. The number of anilines is 1. The largest absolute Gasteiger partial charge is 0.505 e. The van der Waals surface area contributed by atoms with Crippen LogP contribution < -0.4 is 9.62 Å². The molecular formula is C23H23FN4O5S. The van der Waals surface area contributed by atoms with Crippen molar-refractivity contribution in [1.29, 1.82) is 0 Å². The number of pyridine rings is 1. The van der Waals surface area contributed by atoms with E-state index >= 15 is 0 Å². The third kappa shape index (κ3) is 4.10. The number of phenols is 1. The van der Waals surface area contributed by atoms with Gasteiger partial charge in [0.15, 0.2) is 5.75 Å². The summed E-state index contributed by atoms with van der Waals surface area (Å²) in [6.45, 7) is -0.238. The minimum absolute atomic E-state index is 0.0133. The summed E-state index contributed by atoms with van der Waals surface area (Å²) in [7, 11) is -0.938. The van der Waals surface area contributed by atoms with Gasteiger partial charge in [-0.25, -0.2) is 12.8 Å². The topological polar surface area (TPSA) is 125 Å². The number of hydrogen-bond acceptors (Lipinski definition) is 6. The molecule has 4 rings (SSSR count). The maximum atomic E-state index is 13.3. The number of benzene rings is 2. The van der Waals surface area contributed by atoms with Gasteiger partial charge < -0.3 is 20.1 Å². The summed E-state index contributed by atoms with van der Waals surface area (Å²) in [5.74, 6) is -1.47. The standard InChI is InChI=1S/C23H23FN4O5S/c1-25-18(29)12-28-11-17-19(23(28)31)22(30)20-16(21(17)27(2)34(3,32)33)9-14(10-26-20)8-13-4-6-15(24)7-5-13/h4-7,9-11,30-31H,8,12H2,1-3H3,(H,25,29). The number of sulfonamides is 1. The molecule has 0 spiro atoms. The molecule has 0 bridgehead atoms. The number of nitrogens with zero attached hydrogens (tertiary/aromatic N) is 3. The normalized spacial score (nSPS) is 11.8. The molecule has 1 amide bonds. The van der Waals surface area contributed by atoms with Gasteiger partial charge in [0.05, 0.1) is 17.3 Å². The number of carbonyl (C=O) groups is 1. The van der Waals surface area contributed by atoms with Crippen molar-refractivity contribution in [1.82, 2.24) is 14.9 Å². The van der Waals surface area contributed by atoms with E-state index in [0.717, 1.165) is 16.1 Å². The van der Waals surface area contributed by atoms with Crippen LogP contribution in [0.25, 0.3) is 21.7 Å². The van der Waals surface area contributed by atoms with Gasteiger partial charge in [-0.05, 0) is 35.7 Å². The smallest absolute Gasteiger partial charge is 0.239 e. The van der Waals surface area contributed by atoms with Crippen LogP contribution in [0.3, 0.4) is 0 Å². The molecule has 0 aliphatic rings. The highest BCUT2D eigenvalue weighted by Gasteiger charge is 2.26. The summed E-state index contributed by atoms with van der Waals surface area (Å²) in [5, 5.41) is 24.7. The van der Waals surface area contributed by atoms with Crippen LogP contribution in [0.4, 0.5) is 10.1 Å². The third-order valence-electron chi connectivity index (χ3n) is 5.69. The van der Waals surface area contributed by atoms with Crippen LogP contribution in [0.15, 0.2) is 42.7 Å². The third-order valence-corrected chi connectivity index (χ3v) is 6.87. The lowest BCUT2D eigenvalue weighted by Gasteiger charge is -2.21. The quantitative estimate of drug-likeness (QED) is 0.385. The maximum Gasteiger partial charge on any atom is 0.239 e. The van der Waals surface area contributed by atoms with Gasteiger partial charge in [-0.3, -0.25) is 14.1 Å². The SMILES string of the molecule is CNC(=O)Cn1cc2c(N(C)S(C)(=O)=O)c3cc(Cc4ccc(F)cc4)cnc3c(O)c2c1O. The summed E-state index contributed by atoms with van der Waals surface area (Å²) in [6, 6.07) is 7.68. The molecule has 34 heavy (non-hydrogen) atoms. The van der Waals surface area contributed by atoms with Crippen molar-refractivity contribution < 1.29 is 27.8 Å². The highest BCUT2D eigenvalue weighted by Crippen LogP contribution is 2.46. The van der Waals surface area contributed by atoms with Crippen LogP contribution in [-0.4, -0.2) is 54.4 Å². The highest BCUT2D eigenvalue weighted by molar-refractivity contribution is 7.92. The van der Waals surface area contributed by atoms with Crippen molar-refractivity contribution in [3.8, 4) is 11.6 Å². The van der Waals surface area contributed by atoms with Crippen LogP contribution >= 0.6 is 0 Å². The summed E-state index contributed by atoms with van der Waals surface area (Å²) in [6.07, 6.45) is 4.38. The molecule has 0 atom stereocenters. The Kier molecular flexibility index (Phi) is 5.82. The molecule has 0 fully saturated rings. The zero-order chi connectivity index (χ0) is 24.8. The molecule has 178 valence electrons. The van der Waals surface area contributed by atoms with E-state index in [1.807, 2.05) is 0 Å². The first-order chi connectivity index (χ1) is 16.0. The number of rotatable bonds is 6. The first kappa shape index (κ1) is 23.3. The molecule has 0 saturated carbocycles. The number of halogens is 1.